The SMILES string of the molecule is Cc1noc(C)c1COc1ccccc1C(=O)NCc1cccc(F)c1. The third kappa shape index (κ3) is 4.08. The third-order valence-electron chi connectivity index (χ3n) is 4.03. The fourth-order valence-corrected chi connectivity index (χ4v) is 2.56. The summed E-state index contributed by atoms with van der Waals surface area (Å²) in [6.45, 7) is 4.15. The molecule has 2 aromatic carbocycles. The highest BCUT2D eigenvalue weighted by atomic mass is 19.1. The number of nitrogens with zero attached hydrogens (tertiary/aromatic N) is 1. The molecule has 1 amide bonds. The van der Waals surface area contributed by atoms with Crippen LogP contribution in [-0.4, -0.2) is 11.1 Å². The molecule has 1 aromatic heterocycles. The van der Waals surface area contributed by atoms with Gasteiger partial charge in [0.15, 0.2) is 0 Å². The lowest BCUT2D eigenvalue weighted by molar-refractivity contribution is 0.0946. The van der Waals surface area contributed by atoms with Gasteiger partial charge in [-0.1, -0.05) is 29.4 Å². The van der Waals surface area contributed by atoms with E-state index in [2.05, 4.69) is 10.5 Å². The Balaban J connectivity index is 1.69. The molecule has 0 aliphatic heterocycles. The van der Waals surface area contributed by atoms with Crippen LogP contribution in [0.2, 0.25) is 0 Å². The molecule has 3 rings (SSSR count). The van der Waals surface area contributed by atoms with E-state index in [0.29, 0.717) is 22.6 Å². The molecule has 0 saturated heterocycles. The summed E-state index contributed by atoms with van der Waals surface area (Å²) in [5, 5.41) is 6.67. The summed E-state index contributed by atoms with van der Waals surface area (Å²) in [5.41, 5.74) is 2.72. The lowest BCUT2D eigenvalue weighted by atomic mass is 10.1. The van der Waals surface area contributed by atoms with Crippen molar-refractivity contribution in [3.63, 3.8) is 0 Å². The minimum atomic E-state index is -0.333. The van der Waals surface area contributed by atoms with E-state index < -0.39 is 0 Å². The van der Waals surface area contributed by atoms with Crippen molar-refractivity contribution in [2.24, 2.45) is 0 Å². The van der Waals surface area contributed by atoms with Gasteiger partial charge in [0.25, 0.3) is 5.91 Å². The first-order valence-corrected chi connectivity index (χ1v) is 8.21. The number of hydrogen-bond donors (Lipinski definition) is 1. The predicted molar refractivity (Wildman–Crippen MR) is 94.3 cm³/mol. The minimum absolute atomic E-state index is 0.231. The molecule has 0 saturated carbocycles. The highest BCUT2D eigenvalue weighted by Crippen LogP contribution is 2.21. The van der Waals surface area contributed by atoms with Crippen molar-refractivity contribution in [1.29, 1.82) is 0 Å². The Morgan fingerprint density at radius 2 is 2.00 bits per heavy atom. The second-order valence-corrected chi connectivity index (χ2v) is 5.90. The van der Waals surface area contributed by atoms with E-state index >= 15 is 0 Å². The van der Waals surface area contributed by atoms with Gasteiger partial charge in [-0.25, -0.2) is 4.39 Å². The van der Waals surface area contributed by atoms with E-state index in [0.717, 1.165) is 11.3 Å². The summed E-state index contributed by atoms with van der Waals surface area (Å²) in [5.74, 6) is 0.531. The molecule has 0 bridgehead atoms. The number of carbonyl (C=O) groups excluding carboxylic acids is 1. The van der Waals surface area contributed by atoms with Crippen LogP contribution in [-0.2, 0) is 13.2 Å². The first-order chi connectivity index (χ1) is 12.5. The Morgan fingerprint density at radius 1 is 1.19 bits per heavy atom. The molecule has 5 nitrogen and oxygen atoms in total. The lowest BCUT2D eigenvalue weighted by Gasteiger charge is -2.12. The largest absolute Gasteiger partial charge is 0.488 e. The molecule has 0 radical (unpaired) electrons. The molecular weight excluding hydrogens is 335 g/mol. The highest BCUT2D eigenvalue weighted by Gasteiger charge is 2.14. The van der Waals surface area contributed by atoms with Gasteiger partial charge in [-0.15, -0.1) is 0 Å². The number of amides is 1. The van der Waals surface area contributed by atoms with E-state index in [4.69, 9.17) is 9.26 Å². The topological polar surface area (TPSA) is 64.4 Å². The first kappa shape index (κ1) is 17.7. The Labute approximate surface area is 150 Å². The Kier molecular flexibility index (Phi) is 5.31. The summed E-state index contributed by atoms with van der Waals surface area (Å²) < 4.78 is 24.2. The van der Waals surface area contributed by atoms with Crippen molar-refractivity contribution in [2.75, 3.05) is 0 Å². The number of carbonyl (C=O) groups is 1. The Hall–Kier alpha value is -3.15. The summed E-state index contributed by atoms with van der Waals surface area (Å²) in [6.07, 6.45) is 0. The number of rotatable bonds is 6. The van der Waals surface area contributed by atoms with Crippen LogP contribution in [0.5, 0.6) is 5.75 Å². The van der Waals surface area contributed by atoms with Crippen LogP contribution in [0.3, 0.4) is 0 Å². The molecule has 0 atom stereocenters. The molecule has 6 heteroatoms. The van der Waals surface area contributed by atoms with Gasteiger partial charge < -0.3 is 14.6 Å². The number of benzene rings is 2. The zero-order chi connectivity index (χ0) is 18.5. The monoisotopic (exact) mass is 354 g/mol. The molecule has 1 heterocycles. The number of ether oxygens (including phenoxy) is 1. The average Bonchev–Trinajstić information content (AvgIpc) is 2.96. The second-order valence-electron chi connectivity index (χ2n) is 5.90. The van der Waals surface area contributed by atoms with Crippen LogP contribution in [0.15, 0.2) is 53.1 Å². The van der Waals surface area contributed by atoms with E-state index in [1.165, 1.54) is 12.1 Å². The minimum Gasteiger partial charge on any atom is -0.488 e. The van der Waals surface area contributed by atoms with Crippen LogP contribution in [0.4, 0.5) is 4.39 Å². The maximum atomic E-state index is 13.2. The number of halogens is 1. The van der Waals surface area contributed by atoms with Gasteiger partial charge in [-0.05, 0) is 43.7 Å². The van der Waals surface area contributed by atoms with Crippen molar-refractivity contribution < 1.29 is 18.4 Å². The van der Waals surface area contributed by atoms with Gasteiger partial charge in [0, 0.05) is 6.54 Å². The maximum absolute atomic E-state index is 13.2. The smallest absolute Gasteiger partial charge is 0.255 e. The van der Waals surface area contributed by atoms with Crippen LogP contribution in [0.25, 0.3) is 0 Å². The van der Waals surface area contributed by atoms with Gasteiger partial charge >= 0.3 is 0 Å². The van der Waals surface area contributed by atoms with E-state index in [-0.39, 0.29) is 24.9 Å². The number of para-hydroxylation sites is 1. The van der Waals surface area contributed by atoms with Crippen molar-refractivity contribution in [3.8, 4) is 5.75 Å². The molecule has 1 N–H and O–H groups in total. The molecule has 0 aliphatic carbocycles. The first-order valence-electron chi connectivity index (χ1n) is 8.21. The molecule has 3 aromatic rings. The molecule has 0 spiro atoms. The normalized spacial score (nSPS) is 10.6. The van der Waals surface area contributed by atoms with Gasteiger partial charge in [0.1, 0.15) is 23.9 Å². The van der Waals surface area contributed by atoms with Crippen LogP contribution < -0.4 is 10.1 Å². The van der Waals surface area contributed by atoms with Gasteiger partial charge in [0.05, 0.1) is 16.8 Å². The summed E-state index contributed by atoms with van der Waals surface area (Å²) in [7, 11) is 0. The van der Waals surface area contributed by atoms with Gasteiger partial charge in [-0.3, -0.25) is 4.79 Å². The third-order valence-corrected chi connectivity index (χ3v) is 4.03. The summed E-state index contributed by atoms with van der Waals surface area (Å²) >= 11 is 0. The number of nitrogens with one attached hydrogen (secondary N) is 1. The van der Waals surface area contributed by atoms with Crippen molar-refractivity contribution in [3.05, 3.63) is 82.5 Å². The van der Waals surface area contributed by atoms with E-state index in [1.54, 1.807) is 36.4 Å². The molecule has 0 aliphatic rings. The molecule has 26 heavy (non-hydrogen) atoms. The van der Waals surface area contributed by atoms with Crippen LogP contribution in [0.1, 0.15) is 32.9 Å². The number of aromatic nitrogens is 1. The number of aryl methyl sites for hydroxylation is 2. The van der Waals surface area contributed by atoms with Crippen molar-refractivity contribution in [1.82, 2.24) is 10.5 Å². The van der Waals surface area contributed by atoms with Gasteiger partial charge in [-0.2, -0.15) is 0 Å². The average molecular weight is 354 g/mol. The molecular formula is C20H19FN2O3. The molecule has 0 unspecified atom stereocenters. The fraction of sp³-hybridized carbons (Fsp3) is 0.200. The molecule has 134 valence electrons. The summed E-state index contributed by atoms with van der Waals surface area (Å²) in [4.78, 5) is 12.5. The van der Waals surface area contributed by atoms with E-state index in [1.807, 2.05) is 13.8 Å². The van der Waals surface area contributed by atoms with Crippen LogP contribution in [0, 0.1) is 19.7 Å². The zero-order valence-corrected chi connectivity index (χ0v) is 14.6. The van der Waals surface area contributed by atoms with Gasteiger partial charge in [0.2, 0.25) is 0 Å². The Bertz CT molecular complexity index is 901. The lowest BCUT2D eigenvalue weighted by Crippen LogP contribution is -2.23. The Morgan fingerprint density at radius 3 is 2.73 bits per heavy atom. The summed E-state index contributed by atoms with van der Waals surface area (Å²) in [6, 6.07) is 13.1. The van der Waals surface area contributed by atoms with Crippen molar-refractivity contribution in [2.45, 2.75) is 27.0 Å². The fourth-order valence-electron chi connectivity index (χ4n) is 2.56. The zero-order valence-electron chi connectivity index (χ0n) is 14.6. The second kappa shape index (κ2) is 7.82. The van der Waals surface area contributed by atoms with Crippen LogP contribution >= 0.6 is 0 Å². The highest BCUT2D eigenvalue weighted by molar-refractivity contribution is 5.96. The number of hydrogen-bond acceptors (Lipinski definition) is 4. The predicted octanol–water partition coefficient (Wildman–Crippen LogP) is 3.94. The van der Waals surface area contributed by atoms with E-state index in [9.17, 15) is 9.18 Å². The standard InChI is InChI=1S/C20H19FN2O3/c1-13-18(14(2)26-23-13)12-25-19-9-4-3-8-17(19)20(24)22-11-15-6-5-7-16(21)10-15/h3-10H,11-12H2,1-2H3,(H,22,24). The maximum Gasteiger partial charge on any atom is 0.255 e. The molecule has 0 fully saturated rings. The van der Waals surface area contributed by atoms with Crippen molar-refractivity contribution >= 4 is 5.91 Å². The quantitative estimate of drug-likeness (QED) is 0.728.